The van der Waals surface area contributed by atoms with Crippen LogP contribution in [-0.2, 0) is 16.1 Å². The molecular formula is C28H26N2O6. The van der Waals surface area contributed by atoms with Crippen LogP contribution in [0.4, 0.5) is 0 Å². The number of carbonyl (C=O) groups excluding carboxylic acids is 2. The molecule has 0 fully saturated rings. The predicted octanol–water partition coefficient (Wildman–Crippen LogP) is 4.29. The summed E-state index contributed by atoms with van der Waals surface area (Å²) in [5, 5.41) is 10.9. The zero-order valence-electron chi connectivity index (χ0n) is 20.2. The Labute approximate surface area is 209 Å². The lowest BCUT2D eigenvalue weighted by molar-refractivity contribution is -0.130. The summed E-state index contributed by atoms with van der Waals surface area (Å²) in [5.74, 6) is -0.652. The summed E-state index contributed by atoms with van der Waals surface area (Å²) in [6, 6.07) is 15.3. The molecular weight excluding hydrogens is 460 g/mol. The number of hydrogen-bond donors (Lipinski definition) is 1. The second-order valence-electron chi connectivity index (χ2n) is 8.03. The van der Waals surface area contributed by atoms with Gasteiger partial charge in [0.1, 0.15) is 0 Å². The first-order valence-electron chi connectivity index (χ1n) is 11.2. The number of aliphatic hydroxyl groups is 1. The number of methoxy groups -OCH3 is 3. The van der Waals surface area contributed by atoms with Crippen LogP contribution in [0, 0.1) is 0 Å². The maximum Gasteiger partial charge on any atom is 0.290 e. The Morgan fingerprint density at radius 2 is 1.72 bits per heavy atom. The fourth-order valence-corrected chi connectivity index (χ4v) is 4.19. The molecule has 2 aromatic carbocycles. The average Bonchev–Trinajstić information content (AvgIpc) is 3.17. The molecule has 0 bridgehead atoms. The van der Waals surface area contributed by atoms with E-state index in [4.69, 9.17) is 14.2 Å². The highest BCUT2D eigenvalue weighted by Gasteiger charge is 2.43. The molecule has 0 saturated heterocycles. The van der Waals surface area contributed by atoms with E-state index < -0.39 is 23.5 Å². The van der Waals surface area contributed by atoms with E-state index >= 15 is 0 Å². The third-order valence-corrected chi connectivity index (χ3v) is 5.87. The number of hydrogen-bond acceptors (Lipinski definition) is 7. The van der Waals surface area contributed by atoms with Crippen LogP contribution in [0.2, 0.25) is 0 Å². The number of carbonyl (C=O) groups is 2. The maximum absolute atomic E-state index is 13.4. The van der Waals surface area contributed by atoms with Crippen molar-refractivity contribution in [3.8, 4) is 17.2 Å². The minimum absolute atomic E-state index is 0.0367. The van der Waals surface area contributed by atoms with Gasteiger partial charge in [-0.2, -0.15) is 0 Å². The number of allylic oxidation sites excluding steroid dienone is 1. The number of ether oxygens (including phenoxy) is 3. The van der Waals surface area contributed by atoms with Gasteiger partial charge in [0.05, 0.1) is 32.9 Å². The summed E-state index contributed by atoms with van der Waals surface area (Å²) < 4.78 is 16.4. The second kappa shape index (κ2) is 10.8. The van der Waals surface area contributed by atoms with Gasteiger partial charge in [-0.25, -0.2) is 0 Å². The van der Waals surface area contributed by atoms with E-state index in [9.17, 15) is 14.7 Å². The van der Waals surface area contributed by atoms with Crippen LogP contribution in [-0.4, -0.2) is 48.0 Å². The first kappa shape index (κ1) is 24.5. The molecule has 36 heavy (non-hydrogen) atoms. The average molecular weight is 487 g/mol. The molecule has 3 aromatic rings. The molecule has 1 atom stereocenters. The number of aliphatic hydroxyl groups excluding tert-OH is 1. The molecule has 0 spiro atoms. The van der Waals surface area contributed by atoms with Crippen molar-refractivity contribution in [2.24, 2.45) is 0 Å². The minimum Gasteiger partial charge on any atom is -0.503 e. The highest BCUT2D eigenvalue weighted by Crippen LogP contribution is 2.45. The molecule has 8 nitrogen and oxygen atoms in total. The number of aromatic nitrogens is 1. The smallest absolute Gasteiger partial charge is 0.290 e. The topological polar surface area (TPSA) is 98.2 Å². The molecule has 0 saturated carbocycles. The summed E-state index contributed by atoms with van der Waals surface area (Å²) in [6.07, 6.45) is 6.26. The van der Waals surface area contributed by atoms with Crippen LogP contribution < -0.4 is 14.2 Å². The van der Waals surface area contributed by atoms with Crippen LogP contribution in [0.1, 0.15) is 22.7 Å². The Bertz CT molecular complexity index is 1290. The van der Waals surface area contributed by atoms with Crippen molar-refractivity contribution >= 4 is 17.8 Å². The van der Waals surface area contributed by atoms with Crippen molar-refractivity contribution in [1.82, 2.24) is 9.88 Å². The van der Waals surface area contributed by atoms with Gasteiger partial charge in [0.2, 0.25) is 5.75 Å². The van der Waals surface area contributed by atoms with E-state index in [1.165, 1.54) is 32.3 Å². The van der Waals surface area contributed by atoms with Gasteiger partial charge in [-0.05, 0) is 41.0 Å². The lowest BCUT2D eigenvalue weighted by Gasteiger charge is -2.27. The van der Waals surface area contributed by atoms with Crippen molar-refractivity contribution in [2.45, 2.75) is 12.6 Å². The largest absolute Gasteiger partial charge is 0.503 e. The fraction of sp³-hybridized carbons (Fsp3) is 0.179. The number of pyridine rings is 1. The van der Waals surface area contributed by atoms with Crippen molar-refractivity contribution in [1.29, 1.82) is 0 Å². The molecule has 0 radical (unpaired) electrons. The third-order valence-electron chi connectivity index (χ3n) is 5.87. The molecule has 1 unspecified atom stereocenters. The zero-order valence-corrected chi connectivity index (χ0v) is 20.2. The van der Waals surface area contributed by atoms with E-state index in [1.54, 1.807) is 36.7 Å². The predicted molar refractivity (Wildman–Crippen MR) is 134 cm³/mol. The van der Waals surface area contributed by atoms with Crippen molar-refractivity contribution in [3.05, 3.63) is 101 Å². The van der Waals surface area contributed by atoms with Crippen LogP contribution in [0.25, 0.3) is 6.08 Å². The quantitative estimate of drug-likeness (QED) is 0.451. The Morgan fingerprint density at radius 1 is 1.03 bits per heavy atom. The monoisotopic (exact) mass is 486 g/mol. The summed E-state index contributed by atoms with van der Waals surface area (Å²) >= 11 is 0. The minimum atomic E-state index is -0.903. The number of amides is 1. The SMILES string of the molecule is COc1cc(C2C(C(=O)/C=C/c3ccccc3)=C(O)C(=O)N2Cc2cccnc2)cc(OC)c1OC. The summed E-state index contributed by atoms with van der Waals surface area (Å²) in [6.45, 7) is 0.122. The number of ketones is 1. The number of rotatable bonds is 9. The van der Waals surface area contributed by atoms with Crippen molar-refractivity contribution in [2.75, 3.05) is 21.3 Å². The lowest BCUT2D eigenvalue weighted by Crippen LogP contribution is -2.30. The maximum atomic E-state index is 13.4. The first-order valence-corrected chi connectivity index (χ1v) is 11.2. The standard InChI is InChI=1S/C28H26N2O6/c1-34-22-14-20(15-23(35-2)27(22)36-3)25-24(21(31)12-11-18-8-5-4-6-9-18)26(32)28(33)30(25)17-19-10-7-13-29-16-19/h4-16,25,32H,17H2,1-3H3/b12-11+. The lowest BCUT2D eigenvalue weighted by atomic mass is 9.94. The van der Waals surface area contributed by atoms with Gasteiger partial charge in [0.15, 0.2) is 23.0 Å². The summed E-state index contributed by atoms with van der Waals surface area (Å²) in [5.41, 5.74) is 2.03. The van der Waals surface area contributed by atoms with E-state index in [1.807, 2.05) is 36.4 Å². The molecule has 184 valence electrons. The van der Waals surface area contributed by atoms with Gasteiger partial charge in [-0.1, -0.05) is 42.5 Å². The van der Waals surface area contributed by atoms with Crippen molar-refractivity contribution in [3.63, 3.8) is 0 Å². The molecule has 1 aliphatic heterocycles. The fourth-order valence-electron chi connectivity index (χ4n) is 4.19. The highest BCUT2D eigenvalue weighted by molar-refractivity contribution is 6.14. The third kappa shape index (κ3) is 4.79. The van der Waals surface area contributed by atoms with Gasteiger partial charge in [-0.3, -0.25) is 14.6 Å². The van der Waals surface area contributed by atoms with Gasteiger partial charge in [0, 0.05) is 18.9 Å². The molecule has 8 heteroatoms. The Kier molecular flexibility index (Phi) is 7.34. The van der Waals surface area contributed by atoms with E-state index in [0.29, 0.717) is 22.8 Å². The normalized spacial score (nSPS) is 15.5. The summed E-state index contributed by atoms with van der Waals surface area (Å²) in [4.78, 5) is 32.2. The molecule has 1 aromatic heterocycles. The molecule has 1 aliphatic rings. The van der Waals surface area contributed by atoms with Gasteiger partial charge >= 0.3 is 0 Å². The molecule has 2 heterocycles. The Balaban J connectivity index is 1.82. The number of nitrogens with zero attached hydrogens (tertiary/aromatic N) is 2. The second-order valence-corrected chi connectivity index (χ2v) is 8.03. The Morgan fingerprint density at radius 3 is 2.31 bits per heavy atom. The zero-order chi connectivity index (χ0) is 25.7. The summed E-state index contributed by atoms with van der Waals surface area (Å²) in [7, 11) is 4.45. The van der Waals surface area contributed by atoms with Gasteiger partial charge in [0.25, 0.3) is 5.91 Å². The van der Waals surface area contributed by atoms with Crippen LogP contribution in [0.15, 0.2) is 84.4 Å². The molecule has 4 rings (SSSR count). The first-order chi connectivity index (χ1) is 17.5. The Hall–Kier alpha value is -4.59. The van der Waals surface area contributed by atoms with Crippen LogP contribution >= 0.6 is 0 Å². The van der Waals surface area contributed by atoms with E-state index in [-0.39, 0.29) is 12.1 Å². The number of benzene rings is 2. The van der Waals surface area contributed by atoms with Crippen LogP contribution in [0.3, 0.4) is 0 Å². The van der Waals surface area contributed by atoms with Crippen LogP contribution in [0.5, 0.6) is 17.2 Å². The van der Waals surface area contributed by atoms with Gasteiger partial charge < -0.3 is 24.2 Å². The van der Waals surface area contributed by atoms with E-state index in [0.717, 1.165) is 11.1 Å². The van der Waals surface area contributed by atoms with Crippen molar-refractivity contribution < 1.29 is 28.9 Å². The van der Waals surface area contributed by atoms with E-state index in [2.05, 4.69) is 4.98 Å². The molecule has 1 N–H and O–H groups in total. The van der Waals surface area contributed by atoms with Gasteiger partial charge in [-0.15, -0.1) is 0 Å². The molecule has 0 aliphatic carbocycles. The molecule has 1 amide bonds. The highest BCUT2D eigenvalue weighted by atomic mass is 16.5.